The van der Waals surface area contributed by atoms with Gasteiger partial charge in [0.15, 0.2) is 11.5 Å². The number of guanidine groups is 1. The Balaban J connectivity index is 1.48. The summed E-state index contributed by atoms with van der Waals surface area (Å²) in [5.74, 6) is -0.843. The maximum Gasteiger partial charge on any atom is 0.261 e. The van der Waals surface area contributed by atoms with Crippen molar-refractivity contribution in [1.29, 1.82) is 0 Å². The van der Waals surface area contributed by atoms with Crippen LogP contribution in [0, 0.1) is 11.9 Å². The molecule has 2 aliphatic heterocycles. The Hall–Kier alpha value is -4.07. The van der Waals surface area contributed by atoms with Crippen molar-refractivity contribution in [3.05, 3.63) is 90.0 Å². The molecule has 35 heavy (non-hydrogen) atoms. The van der Waals surface area contributed by atoms with E-state index in [4.69, 9.17) is 10.7 Å². The number of benzene rings is 2. The van der Waals surface area contributed by atoms with Gasteiger partial charge in [-0.15, -0.1) is 0 Å². The van der Waals surface area contributed by atoms with E-state index in [1.165, 1.54) is 11.1 Å². The van der Waals surface area contributed by atoms with Crippen LogP contribution in [0.3, 0.4) is 0 Å². The summed E-state index contributed by atoms with van der Waals surface area (Å²) in [7, 11) is 1.61. The first-order valence-electron chi connectivity index (χ1n) is 11.6. The molecule has 7 nitrogen and oxygen atoms in total. The molecule has 1 atom stereocenters. The minimum Gasteiger partial charge on any atom is -0.369 e. The maximum atomic E-state index is 14.4. The molecule has 0 saturated carbocycles. The number of aromatic nitrogens is 1. The molecule has 2 N–H and O–H groups in total. The van der Waals surface area contributed by atoms with E-state index in [2.05, 4.69) is 4.98 Å². The second kappa shape index (κ2) is 8.94. The Morgan fingerprint density at radius 2 is 1.80 bits per heavy atom. The van der Waals surface area contributed by atoms with E-state index >= 15 is 0 Å². The normalized spacial score (nSPS) is 20.7. The number of aliphatic imine (C=N–C) groups is 1. The summed E-state index contributed by atoms with van der Waals surface area (Å²) in [5, 5.41) is 0. The SMILES string of the molecule is CN1C(=O)C(c2cccc(-c3cccnc3F)c2)(C2CCN(C(=O)c3ccccc3)CC2)N=C1N. The Bertz CT molecular complexity index is 1300. The van der Waals surface area contributed by atoms with Gasteiger partial charge in [-0.3, -0.25) is 14.5 Å². The number of rotatable bonds is 4. The van der Waals surface area contributed by atoms with Gasteiger partial charge in [0, 0.05) is 43.4 Å². The van der Waals surface area contributed by atoms with Gasteiger partial charge in [-0.05, 0) is 54.3 Å². The van der Waals surface area contributed by atoms with Crippen molar-refractivity contribution in [3.8, 4) is 11.1 Å². The minimum absolute atomic E-state index is 0.0231. The quantitative estimate of drug-likeness (QED) is 0.590. The number of likely N-dealkylation sites (N-methyl/N-ethyl adjacent to an activating group) is 1. The molecule has 2 aliphatic rings. The molecule has 1 aromatic heterocycles. The van der Waals surface area contributed by atoms with Gasteiger partial charge in [0.1, 0.15) is 0 Å². The fraction of sp³-hybridized carbons (Fsp3) is 0.259. The number of halogens is 1. The number of amides is 2. The third-order valence-corrected chi connectivity index (χ3v) is 7.03. The summed E-state index contributed by atoms with van der Waals surface area (Å²) in [6.45, 7) is 1.01. The van der Waals surface area contributed by atoms with Crippen LogP contribution in [-0.2, 0) is 10.3 Å². The molecule has 0 aliphatic carbocycles. The van der Waals surface area contributed by atoms with Crippen molar-refractivity contribution in [1.82, 2.24) is 14.8 Å². The van der Waals surface area contributed by atoms with Crippen molar-refractivity contribution >= 4 is 17.8 Å². The van der Waals surface area contributed by atoms with E-state index in [-0.39, 0.29) is 23.7 Å². The van der Waals surface area contributed by atoms with Crippen LogP contribution in [0.5, 0.6) is 0 Å². The zero-order valence-electron chi connectivity index (χ0n) is 19.4. The minimum atomic E-state index is -1.23. The Morgan fingerprint density at radius 1 is 1.06 bits per heavy atom. The Kier molecular flexibility index (Phi) is 5.80. The molecule has 1 unspecified atom stereocenters. The number of hydrogen-bond donors (Lipinski definition) is 1. The van der Waals surface area contributed by atoms with Crippen LogP contribution in [0.1, 0.15) is 28.8 Å². The summed E-state index contributed by atoms with van der Waals surface area (Å²) < 4.78 is 14.4. The molecule has 5 rings (SSSR count). The third-order valence-electron chi connectivity index (χ3n) is 7.03. The zero-order valence-corrected chi connectivity index (χ0v) is 19.4. The van der Waals surface area contributed by atoms with Gasteiger partial charge in [-0.25, -0.2) is 9.98 Å². The van der Waals surface area contributed by atoms with Crippen molar-refractivity contribution in [2.24, 2.45) is 16.6 Å². The topological polar surface area (TPSA) is 91.9 Å². The van der Waals surface area contributed by atoms with Gasteiger partial charge in [-0.1, -0.05) is 36.4 Å². The number of carbonyl (C=O) groups is 2. The smallest absolute Gasteiger partial charge is 0.261 e. The number of nitrogens with zero attached hydrogens (tertiary/aromatic N) is 4. The number of hydrogen-bond acceptors (Lipinski definition) is 5. The van der Waals surface area contributed by atoms with Crippen LogP contribution >= 0.6 is 0 Å². The molecule has 1 saturated heterocycles. The zero-order chi connectivity index (χ0) is 24.6. The van der Waals surface area contributed by atoms with Crippen molar-refractivity contribution in [2.45, 2.75) is 18.4 Å². The highest BCUT2D eigenvalue weighted by Gasteiger charge is 2.54. The van der Waals surface area contributed by atoms with Crippen LogP contribution in [0.4, 0.5) is 4.39 Å². The van der Waals surface area contributed by atoms with E-state index in [1.54, 1.807) is 49.5 Å². The summed E-state index contributed by atoms with van der Waals surface area (Å²) in [5.41, 5.74) is 7.17. The molecule has 1 fully saturated rings. The first kappa shape index (κ1) is 22.7. The second-order valence-corrected chi connectivity index (χ2v) is 8.96. The number of pyridine rings is 1. The summed E-state index contributed by atoms with van der Waals surface area (Å²) in [4.78, 5) is 38.3. The van der Waals surface area contributed by atoms with Gasteiger partial charge < -0.3 is 10.6 Å². The Morgan fingerprint density at radius 3 is 2.46 bits per heavy atom. The summed E-state index contributed by atoms with van der Waals surface area (Å²) in [6, 6.07) is 19.7. The largest absolute Gasteiger partial charge is 0.369 e. The lowest BCUT2D eigenvalue weighted by Gasteiger charge is -2.40. The third kappa shape index (κ3) is 3.84. The van der Waals surface area contributed by atoms with Gasteiger partial charge >= 0.3 is 0 Å². The van der Waals surface area contributed by atoms with E-state index in [9.17, 15) is 14.0 Å². The van der Waals surface area contributed by atoms with Gasteiger partial charge in [0.25, 0.3) is 11.8 Å². The van der Waals surface area contributed by atoms with E-state index < -0.39 is 11.5 Å². The number of piperidine rings is 1. The average Bonchev–Trinajstić information content (AvgIpc) is 3.14. The number of carbonyl (C=O) groups excluding carboxylic acids is 2. The van der Waals surface area contributed by atoms with E-state index in [0.29, 0.717) is 48.2 Å². The molecular weight excluding hydrogens is 445 g/mol. The molecule has 8 heteroatoms. The fourth-order valence-electron chi connectivity index (χ4n) is 5.14. The highest BCUT2D eigenvalue weighted by atomic mass is 19.1. The van der Waals surface area contributed by atoms with Gasteiger partial charge in [0.05, 0.1) is 0 Å². The lowest BCUT2D eigenvalue weighted by Crippen LogP contribution is -2.49. The highest BCUT2D eigenvalue weighted by molar-refractivity contribution is 6.07. The second-order valence-electron chi connectivity index (χ2n) is 8.96. The first-order chi connectivity index (χ1) is 16.9. The van der Waals surface area contributed by atoms with E-state index in [0.717, 1.165) is 0 Å². The summed E-state index contributed by atoms with van der Waals surface area (Å²) >= 11 is 0. The maximum absolute atomic E-state index is 14.4. The standard InChI is InChI=1S/C27H26FN5O2/c1-32-25(35)27(31-26(32)29,21-10-5-9-19(17-21)22-11-6-14-30-23(22)28)20-12-15-33(16-13-20)24(34)18-7-3-2-4-8-18/h2-11,14,17,20H,12-13,15-16H2,1H3,(H2,29,31). The van der Waals surface area contributed by atoms with Crippen LogP contribution in [-0.4, -0.2) is 52.7 Å². The molecule has 0 spiro atoms. The van der Waals surface area contributed by atoms with Gasteiger partial charge in [-0.2, -0.15) is 4.39 Å². The fourth-order valence-corrected chi connectivity index (χ4v) is 5.14. The molecule has 0 bridgehead atoms. The lowest BCUT2D eigenvalue weighted by atomic mass is 9.72. The summed E-state index contributed by atoms with van der Waals surface area (Å²) in [6.07, 6.45) is 2.57. The predicted octanol–water partition coefficient (Wildman–Crippen LogP) is 3.42. The molecule has 3 aromatic rings. The number of likely N-dealkylation sites (tertiary alicyclic amines) is 1. The molecule has 178 valence electrons. The van der Waals surface area contributed by atoms with Crippen molar-refractivity contribution < 1.29 is 14.0 Å². The highest BCUT2D eigenvalue weighted by Crippen LogP contribution is 2.45. The average molecular weight is 472 g/mol. The lowest BCUT2D eigenvalue weighted by molar-refractivity contribution is -0.133. The van der Waals surface area contributed by atoms with Crippen molar-refractivity contribution in [3.63, 3.8) is 0 Å². The monoisotopic (exact) mass is 471 g/mol. The first-order valence-corrected chi connectivity index (χ1v) is 11.6. The molecule has 3 heterocycles. The van der Waals surface area contributed by atoms with Crippen LogP contribution in [0.15, 0.2) is 77.9 Å². The van der Waals surface area contributed by atoms with Crippen LogP contribution in [0.2, 0.25) is 0 Å². The van der Waals surface area contributed by atoms with Crippen LogP contribution < -0.4 is 5.73 Å². The van der Waals surface area contributed by atoms with Gasteiger partial charge in [0.2, 0.25) is 5.95 Å². The molecule has 0 radical (unpaired) electrons. The van der Waals surface area contributed by atoms with Crippen molar-refractivity contribution in [2.75, 3.05) is 20.1 Å². The number of nitrogens with two attached hydrogens (primary N) is 1. The predicted molar refractivity (Wildman–Crippen MR) is 131 cm³/mol. The Labute approximate surface area is 203 Å². The molecule has 2 amide bonds. The van der Waals surface area contributed by atoms with E-state index in [1.807, 2.05) is 29.2 Å². The van der Waals surface area contributed by atoms with Crippen LogP contribution in [0.25, 0.3) is 11.1 Å². The molecule has 2 aromatic carbocycles. The molecular formula is C27H26FN5O2.